The highest BCUT2D eigenvalue weighted by atomic mass is 32.2. The Balaban J connectivity index is 2.70. The number of hydrogen-bond donors (Lipinski definition) is 1. The third kappa shape index (κ3) is 5.61. The Morgan fingerprint density at radius 1 is 1.32 bits per heavy atom. The van der Waals surface area contributed by atoms with Gasteiger partial charge in [-0.05, 0) is 24.0 Å². The molecule has 3 nitrogen and oxygen atoms in total. The first kappa shape index (κ1) is 16.0. The molecule has 1 rings (SSSR count). The van der Waals surface area contributed by atoms with E-state index < -0.39 is 21.8 Å². The summed E-state index contributed by atoms with van der Waals surface area (Å²) in [4.78, 5) is 0. The Kier molecular flexibility index (Phi) is 4.98. The molecule has 0 radical (unpaired) electrons. The second-order valence-corrected chi connectivity index (χ2v) is 6.31. The van der Waals surface area contributed by atoms with Crippen LogP contribution in [-0.4, -0.2) is 21.2 Å². The smallest absolute Gasteiger partial charge is 0.215 e. The molecule has 1 atom stereocenters. The second kappa shape index (κ2) is 5.92. The van der Waals surface area contributed by atoms with Crippen LogP contribution in [0.5, 0.6) is 0 Å². The molecular formula is C12H16F3NO2S. The average Bonchev–Trinajstić information content (AvgIpc) is 2.26. The van der Waals surface area contributed by atoms with Gasteiger partial charge >= 0.3 is 6.18 Å². The Bertz CT molecular complexity index is 526. The van der Waals surface area contributed by atoms with E-state index in [0.29, 0.717) is 12.0 Å². The van der Waals surface area contributed by atoms with E-state index in [2.05, 4.69) is 4.72 Å². The molecule has 0 aliphatic heterocycles. The van der Waals surface area contributed by atoms with Crippen LogP contribution in [0, 0.1) is 0 Å². The fourth-order valence-electron chi connectivity index (χ4n) is 1.65. The SMILES string of the molecule is C[C@H](CCNS(C)(=O)=O)c1cccc(C(F)(F)F)c1. The fourth-order valence-corrected chi connectivity index (χ4v) is 2.14. The van der Waals surface area contributed by atoms with E-state index in [4.69, 9.17) is 0 Å². The molecule has 0 bridgehead atoms. The van der Waals surface area contributed by atoms with Gasteiger partial charge in [0.15, 0.2) is 0 Å². The van der Waals surface area contributed by atoms with Crippen molar-refractivity contribution in [2.75, 3.05) is 12.8 Å². The summed E-state index contributed by atoms with van der Waals surface area (Å²) in [5.41, 5.74) is -0.141. The number of sulfonamides is 1. The Morgan fingerprint density at radius 3 is 2.47 bits per heavy atom. The average molecular weight is 295 g/mol. The highest BCUT2D eigenvalue weighted by molar-refractivity contribution is 7.88. The first-order chi connectivity index (χ1) is 8.59. The lowest BCUT2D eigenvalue weighted by Crippen LogP contribution is -2.24. The third-order valence-corrected chi connectivity index (χ3v) is 3.45. The molecule has 1 aromatic carbocycles. The summed E-state index contributed by atoms with van der Waals surface area (Å²) >= 11 is 0. The molecule has 0 aliphatic rings. The van der Waals surface area contributed by atoms with Gasteiger partial charge < -0.3 is 0 Å². The molecule has 0 heterocycles. The largest absolute Gasteiger partial charge is 0.416 e. The zero-order chi connectivity index (χ0) is 14.7. The number of halogens is 3. The number of alkyl halides is 3. The van der Waals surface area contributed by atoms with Crippen LogP contribution in [0.3, 0.4) is 0 Å². The van der Waals surface area contributed by atoms with Gasteiger partial charge in [0.2, 0.25) is 10.0 Å². The van der Waals surface area contributed by atoms with Gasteiger partial charge in [0.05, 0.1) is 11.8 Å². The van der Waals surface area contributed by atoms with E-state index in [-0.39, 0.29) is 12.5 Å². The maximum Gasteiger partial charge on any atom is 0.416 e. The van der Waals surface area contributed by atoms with Gasteiger partial charge in [0.1, 0.15) is 0 Å². The zero-order valence-electron chi connectivity index (χ0n) is 10.7. The molecule has 19 heavy (non-hydrogen) atoms. The van der Waals surface area contributed by atoms with Gasteiger partial charge in [-0.15, -0.1) is 0 Å². The minimum Gasteiger partial charge on any atom is -0.215 e. The monoisotopic (exact) mass is 295 g/mol. The summed E-state index contributed by atoms with van der Waals surface area (Å²) in [5, 5.41) is 0. The van der Waals surface area contributed by atoms with Crippen LogP contribution in [0.25, 0.3) is 0 Å². The fraction of sp³-hybridized carbons (Fsp3) is 0.500. The summed E-state index contributed by atoms with van der Waals surface area (Å²) in [6.07, 6.45) is -2.88. The summed E-state index contributed by atoms with van der Waals surface area (Å²) in [6.45, 7) is 1.97. The van der Waals surface area contributed by atoms with Crippen molar-refractivity contribution in [3.63, 3.8) is 0 Å². The molecule has 0 saturated carbocycles. The first-order valence-electron chi connectivity index (χ1n) is 5.71. The molecule has 7 heteroatoms. The summed E-state index contributed by atoms with van der Waals surface area (Å²) in [5.74, 6) is -0.156. The molecular weight excluding hydrogens is 279 g/mol. The predicted octanol–water partition coefficient (Wildman–Crippen LogP) is 2.75. The van der Waals surface area contributed by atoms with Gasteiger partial charge in [-0.25, -0.2) is 13.1 Å². The van der Waals surface area contributed by atoms with E-state index in [1.165, 1.54) is 6.07 Å². The summed E-state index contributed by atoms with van der Waals surface area (Å²) in [7, 11) is -3.26. The lowest BCUT2D eigenvalue weighted by atomic mass is 9.96. The quantitative estimate of drug-likeness (QED) is 0.908. The Labute approximate surface area is 110 Å². The maximum atomic E-state index is 12.5. The van der Waals surface area contributed by atoms with Gasteiger partial charge in [-0.2, -0.15) is 13.2 Å². The van der Waals surface area contributed by atoms with Gasteiger partial charge in [0, 0.05) is 6.54 Å². The van der Waals surface area contributed by atoms with E-state index in [9.17, 15) is 21.6 Å². The lowest BCUT2D eigenvalue weighted by Gasteiger charge is -2.14. The molecule has 108 valence electrons. The van der Waals surface area contributed by atoms with Crippen molar-refractivity contribution in [3.8, 4) is 0 Å². The van der Waals surface area contributed by atoms with Gasteiger partial charge in [-0.3, -0.25) is 0 Å². The lowest BCUT2D eigenvalue weighted by molar-refractivity contribution is -0.137. The van der Waals surface area contributed by atoms with Gasteiger partial charge in [0.25, 0.3) is 0 Å². The van der Waals surface area contributed by atoms with E-state index in [1.54, 1.807) is 13.0 Å². The second-order valence-electron chi connectivity index (χ2n) is 4.48. The number of nitrogens with one attached hydrogen (secondary N) is 1. The van der Waals surface area contributed by atoms with Crippen molar-refractivity contribution in [3.05, 3.63) is 35.4 Å². The van der Waals surface area contributed by atoms with E-state index >= 15 is 0 Å². The van der Waals surface area contributed by atoms with Gasteiger partial charge in [-0.1, -0.05) is 25.1 Å². The number of rotatable bonds is 5. The molecule has 0 aliphatic carbocycles. The molecule has 0 unspecified atom stereocenters. The Hall–Kier alpha value is -1.08. The van der Waals surface area contributed by atoms with Crippen molar-refractivity contribution < 1.29 is 21.6 Å². The van der Waals surface area contributed by atoms with Crippen LogP contribution < -0.4 is 4.72 Å². The number of benzene rings is 1. The van der Waals surface area contributed by atoms with Crippen molar-refractivity contribution in [1.29, 1.82) is 0 Å². The van der Waals surface area contributed by atoms with E-state index in [1.807, 2.05) is 0 Å². The molecule has 1 aromatic rings. The predicted molar refractivity (Wildman–Crippen MR) is 67.3 cm³/mol. The summed E-state index contributed by atoms with van der Waals surface area (Å²) in [6, 6.07) is 5.09. The highest BCUT2D eigenvalue weighted by Crippen LogP contribution is 2.31. The highest BCUT2D eigenvalue weighted by Gasteiger charge is 2.30. The van der Waals surface area contributed by atoms with Crippen molar-refractivity contribution in [2.45, 2.75) is 25.4 Å². The standard InChI is InChI=1S/C12H16F3NO2S/c1-9(6-7-16-19(2,17)18)10-4-3-5-11(8-10)12(13,14)15/h3-5,8-9,16H,6-7H2,1-2H3/t9-/m1/s1. The topological polar surface area (TPSA) is 46.2 Å². The molecule has 0 fully saturated rings. The van der Waals surface area contributed by atoms with Crippen LogP contribution in [0.1, 0.15) is 30.4 Å². The van der Waals surface area contributed by atoms with E-state index in [0.717, 1.165) is 18.4 Å². The van der Waals surface area contributed by atoms with Crippen molar-refractivity contribution in [1.82, 2.24) is 4.72 Å². The van der Waals surface area contributed by atoms with Crippen LogP contribution in [0.4, 0.5) is 13.2 Å². The molecule has 0 aromatic heterocycles. The number of hydrogen-bond acceptors (Lipinski definition) is 2. The minimum absolute atomic E-state index is 0.156. The molecule has 1 N–H and O–H groups in total. The summed E-state index contributed by atoms with van der Waals surface area (Å²) < 4.78 is 61.7. The van der Waals surface area contributed by atoms with Crippen molar-refractivity contribution >= 4 is 10.0 Å². The van der Waals surface area contributed by atoms with Crippen LogP contribution >= 0.6 is 0 Å². The molecule has 0 spiro atoms. The molecule has 0 saturated heterocycles. The van der Waals surface area contributed by atoms with Crippen LogP contribution in [-0.2, 0) is 16.2 Å². The minimum atomic E-state index is -4.36. The first-order valence-corrected chi connectivity index (χ1v) is 7.60. The zero-order valence-corrected chi connectivity index (χ0v) is 11.5. The normalized spacial score (nSPS) is 14.4. The molecule has 0 amide bonds. The van der Waals surface area contributed by atoms with Crippen LogP contribution in [0.2, 0.25) is 0 Å². The van der Waals surface area contributed by atoms with Crippen LogP contribution in [0.15, 0.2) is 24.3 Å². The van der Waals surface area contributed by atoms with Crippen molar-refractivity contribution in [2.24, 2.45) is 0 Å². The Morgan fingerprint density at radius 2 is 1.95 bits per heavy atom. The third-order valence-electron chi connectivity index (χ3n) is 2.72. The maximum absolute atomic E-state index is 12.5.